The topological polar surface area (TPSA) is 169 Å². The average Bonchev–Trinajstić information content (AvgIpc) is 3.41. The molecule has 0 aromatic carbocycles. The van der Waals surface area contributed by atoms with Crippen LogP contribution in [0.2, 0.25) is 0 Å². The molecule has 1 amide bonds. The standard InChI is InChI=1S/C65H121NO9/c1-3-5-7-9-11-13-15-17-19-20-21-22-23-24-25-26-27-28-29-30-31-32-33-34-35-36-37-38-39-40-42-44-46-48-50-52-54-59(69)64(73)66-57(56-74-65-63(72)62(71)61(70)60(55-67)75-65)58(68)53-51-49-47-45-43-41-18-16-14-12-10-8-6-4-2/h25-26,28-29,43,45,51,53,57-63,65,67-72H,3-24,27,30-42,44,46-50,52,54-56H2,1-2H3,(H,66,73)/b26-25-,29-28-,45-43+,53-51+. The molecule has 1 heterocycles. The number of unbranched alkanes of at least 4 members (excludes halogenated alkanes) is 38. The molecular weight excluding hydrogens is 939 g/mol. The Morgan fingerprint density at radius 3 is 1.24 bits per heavy atom. The third kappa shape index (κ3) is 42.7. The molecule has 8 atom stereocenters. The second kappa shape index (κ2) is 54.1. The van der Waals surface area contributed by atoms with Gasteiger partial charge in [0.15, 0.2) is 6.29 Å². The smallest absolute Gasteiger partial charge is 0.249 e. The van der Waals surface area contributed by atoms with Gasteiger partial charge in [0, 0.05) is 0 Å². The largest absolute Gasteiger partial charge is 0.394 e. The lowest BCUT2D eigenvalue weighted by molar-refractivity contribution is -0.302. The van der Waals surface area contributed by atoms with Crippen LogP contribution in [0, 0.1) is 0 Å². The number of hydrogen-bond donors (Lipinski definition) is 7. The quantitative estimate of drug-likeness (QED) is 0.0232. The summed E-state index contributed by atoms with van der Waals surface area (Å²) >= 11 is 0. The van der Waals surface area contributed by atoms with Crippen molar-refractivity contribution < 1.29 is 44.9 Å². The van der Waals surface area contributed by atoms with Gasteiger partial charge in [0.2, 0.25) is 5.91 Å². The zero-order chi connectivity index (χ0) is 54.5. The van der Waals surface area contributed by atoms with Crippen molar-refractivity contribution in [2.45, 2.75) is 345 Å². The van der Waals surface area contributed by atoms with Crippen LogP contribution in [0.4, 0.5) is 0 Å². The van der Waals surface area contributed by atoms with E-state index in [1.54, 1.807) is 6.08 Å². The first-order valence-electron chi connectivity index (χ1n) is 32.0. The lowest BCUT2D eigenvalue weighted by atomic mass is 9.99. The van der Waals surface area contributed by atoms with Gasteiger partial charge in [-0.3, -0.25) is 4.79 Å². The molecule has 1 aliphatic heterocycles. The molecule has 0 aromatic heterocycles. The first kappa shape index (κ1) is 71.1. The number of carbonyl (C=O) groups is 1. The summed E-state index contributed by atoms with van der Waals surface area (Å²) in [6, 6.07) is -0.998. The number of hydrogen-bond acceptors (Lipinski definition) is 9. The maximum absolute atomic E-state index is 13.1. The second-order valence-electron chi connectivity index (χ2n) is 22.3. The number of aliphatic hydroxyl groups excluding tert-OH is 6. The number of aliphatic hydroxyl groups is 6. The molecule has 0 spiro atoms. The highest BCUT2D eigenvalue weighted by atomic mass is 16.7. The highest BCUT2D eigenvalue weighted by Crippen LogP contribution is 2.23. The van der Waals surface area contributed by atoms with E-state index in [0.29, 0.717) is 19.3 Å². The summed E-state index contributed by atoms with van der Waals surface area (Å²) in [7, 11) is 0. The van der Waals surface area contributed by atoms with E-state index in [1.807, 2.05) is 6.08 Å². The molecule has 8 unspecified atom stereocenters. The third-order valence-corrected chi connectivity index (χ3v) is 15.2. The Bertz CT molecular complexity index is 1340. The first-order chi connectivity index (χ1) is 36.8. The predicted octanol–water partition coefficient (Wildman–Crippen LogP) is 15.4. The molecular formula is C65H121NO9. The molecule has 1 rings (SSSR count). The number of ether oxygens (including phenoxy) is 2. The summed E-state index contributed by atoms with van der Waals surface area (Å²) < 4.78 is 11.2. The van der Waals surface area contributed by atoms with E-state index < -0.39 is 61.5 Å². The van der Waals surface area contributed by atoms with Crippen molar-refractivity contribution in [3.8, 4) is 0 Å². The Hall–Kier alpha value is -1.89. The fraction of sp³-hybridized carbons (Fsp3) is 0.862. The molecule has 0 aromatic rings. The van der Waals surface area contributed by atoms with Gasteiger partial charge in [0.1, 0.15) is 30.5 Å². The Morgan fingerprint density at radius 1 is 0.467 bits per heavy atom. The fourth-order valence-electron chi connectivity index (χ4n) is 10.1. The lowest BCUT2D eigenvalue weighted by Crippen LogP contribution is -2.60. The van der Waals surface area contributed by atoms with Gasteiger partial charge in [0.25, 0.3) is 0 Å². The zero-order valence-electron chi connectivity index (χ0n) is 48.7. The van der Waals surface area contributed by atoms with Crippen molar-refractivity contribution in [2.24, 2.45) is 0 Å². The highest BCUT2D eigenvalue weighted by Gasteiger charge is 2.44. The van der Waals surface area contributed by atoms with Crippen molar-refractivity contribution in [1.29, 1.82) is 0 Å². The molecule has 0 saturated carbocycles. The van der Waals surface area contributed by atoms with E-state index in [9.17, 15) is 35.4 Å². The Morgan fingerprint density at radius 2 is 0.827 bits per heavy atom. The Kier molecular flexibility index (Phi) is 51.3. The molecule has 10 nitrogen and oxygen atoms in total. The van der Waals surface area contributed by atoms with Gasteiger partial charge in [-0.05, 0) is 64.2 Å². The number of allylic oxidation sites excluding steroid dienone is 7. The van der Waals surface area contributed by atoms with Gasteiger partial charge in [-0.1, -0.05) is 281 Å². The summed E-state index contributed by atoms with van der Waals surface area (Å²) in [5.41, 5.74) is 0. The van der Waals surface area contributed by atoms with Gasteiger partial charge in [-0.15, -0.1) is 0 Å². The summed E-state index contributed by atoms with van der Waals surface area (Å²) in [6.45, 7) is 3.61. The molecule has 0 radical (unpaired) electrons. The summed E-state index contributed by atoms with van der Waals surface area (Å²) in [4.78, 5) is 13.1. The average molecular weight is 1060 g/mol. The fourth-order valence-corrected chi connectivity index (χ4v) is 10.1. The molecule has 0 aliphatic carbocycles. The van der Waals surface area contributed by atoms with Crippen LogP contribution in [0.1, 0.15) is 296 Å². The van der Waals surface area contributed by atoms with Crippen LogP contribution in [0.5, 0.6) is 0 Å². The Balaban J connectivity index is 2.12. The minimum atomic E-state index is -1.62. The van der Waals surface area contributed by atoms with Crippen LogP contribution in [0.15, 0.2) is 48.6 Å². The Labute approximate surface area is 461 Å². The normalized spacial score (nSPS) is 19.6. The molecule has 0 bridgehead atoms. The minimum absolute atomic E-state index is 0.304. The molecule has 1 saturated heterocycles. The van der Waals surface area contributed by atoms with Crippen molar-refractivity contribution in [1.82, 2.24) is 5.32 Å². The highest BCUT2D eigenvalue weighted by molar-refractivity contribution is 5.80. The lowest BCUT2D eigenvalue weighted by Gasteiger charge is -2.40. The third-order valence-electron chi connectivity index (χ3n) is 15.2. The maximum Gasteiger partial charge on any atom is 0.249 e. The van der Waals surface area contributed by atoms with Crippen LogP contribution < -0.4 is 5.32 Å². The van der Waals surface area contributed by atoms with Crippen molar-refractivity contribution in [2.75, 3.05) is 13.2 Å². The summed E-state index contributed by atoms with van der Waals surface area (Å²) in [5, 5.41) is 65.0. The molecule has 10 heteroatoms. The van der Waals surface area contributed by atoms with Crippen molar-refractivity contribution in [3.05, 3.63) is 48.6 Å². The van der Waals surface area contributed by atoms with E-state index in [0.717, 1.165) is 38.5 Å². The molecule has 440 valence electrons. The van der Waals surface area contributed by atoms with E-state index >= 15 is 0 Å². The summed E-state index contributed by atoms with van der Waals surface area (Å²) in [5.74, 6) is -0.624. The van der Waals surface area contributed by atoms with E-state index in [2.05, 4.69) is 55.6 Å². The van der Waals surface area contributed by atoms with Crippen LogP contribution in [-0.2, 0) is 14.3 Å². The van der Waals surface area contributed by atoms with E-state index in [1.165, 1.54) is 225 Å². The SMILES string of the molecule is CCCCCCCCCC/C=C/CC/C=C/C(O)C(COC1OC(CO)C(O)C(O)C1O)NC(=O)C(O)CCCCCCCCCCCCCCCCCC/C=C\C/C=C\CCCCCCCCCCCCCCC. The summed E-state index contributed by atoms with van der Waals surface area (Å²) in [6.07, 6.45) is 62.5. The van der Waals surface area contributed by atoms with E-state index in [4.69, 9.17) is 9.47 Å². The van der Waals surface area contributed by atoms with Gasteiger partial charge in [-0.25, -0.2) is 0 Å². The van der Waals surface area contributed by atoms with Crippen LogP contribution in [-0.4, -0.2) is 98.7 Å². The number of amides is 1. The van der Waals surface area contributed by atoms with Crippen LogP contribution in [0.25, 0.3) is 0 Å². The maximum atomic E-state index is 13.1. The number of carbonyl (C=O) groups excluding carboxylic acids is 1. The van der Waals surface area contributed by atoms with Gasteiger partial charge >= 0.3 is 0 Å². The van der Waals surface area contributed by atoms with E-state index in [-0.39, 0.29) is 6.61 Å². The molecule has 1 aliphatic rings. The van der Waals surface area contributed by atoms with Crippen molar-refractivity contribution in [3.63, 3.8) is 0 Å². The minimum Gasteiger partial charge on any atom is -0.394 e. The van der Waals surface area contributed by atoms with Gasteiger partial charge in [0.05, 0.1) is 25.4 Å². The van der Waals surface area contributed by atoms with Crippen molar-refractivity contribution >= 4 is 5.91 Å². The second-order valence-corrected chi connectivity index (χ2v) is 22.3. The van der Waals surface area contributed by atoms with Gasteiger partial charge in [-0.2, -0.15) is 0 Å². The number of rotatable bonds is 55. The van der Waals surface area contributed by atoms with Crippen LogP contribution in [0.3, 0.4) is 0 Å². The zero-order valence-corrected chi connectivity index (χ0v) is 48.7. The number of nitrogens with one attached hydrogen (secondary N) is 1. The van der Waals surface area contributed by atoms with Gasteiger partial charge < -0.3 is 45.4 Å². The molecule has 7 N–H and O–H groups in total. The van der Waals surface area contributed by atoms with Crippen LogP contribution >= 0.6 is 0 Å². The molecule has 75 heavy (non-hydrogen) atoms. The first-order valence-corrected chi connectivity index (χ1v) is 32.0. The predicted molar refractivity (Wildman–Crippen MR) is 315 cm³/mol. The molecule has 1 fully saturated rings. The monoisotopic (exact) mass is 1060 g/mol.